The first-order chi connectivity index (χ1) is 13.6. The van der Waals surface area contributed by atoms with Crippen molar-refractivity contribution in [2.24, 2.45) is 5.92 Å². The van der Waals surface area contributed by atoms with Crippen molar-refractivity contribution >= 4 is 11.7 Å². The summed E-state index contributed by atoms with van der Waals surface area (Å²) in [6.45, 7) is 8.16. The summed E-state index contributed by atoms with van der Waals surface area (Å²) in [7, 11) is 1.81. The fourth-order valence-electron chi connectivity index (χ4n) is 4.62. The minimum Gasteiger partial charge on any atom is -0.486 e. The van der Waals surface area contributed by atoms with Gasteiger partial charge < -0.3 is 24.4 Å². The molecule has 1 aromatic carbocycles. The first-order valence-corrected chi connectivity index (χ1v) is 10.3. The summed E-state index contributed by atoms with van der Waals surface area (Å²) in [6, 6.07) is 6.50. The molecule has 28 heavy (non-hydrogen) atoms. The van der Waals surface area contributed by atoms with Crippen molar-refractivity contribution < 1.29 is 19.0 Å². The van der Waals surface area contributed by atoms with Crippen LogP contribution in [0.2, 0.25) is 0 Å². The number of fused-ring (bicyclic) bond motifs is 1. The highest BCUT2D eigenvalue weighted by molar-refractivity contribution is 5.89. The van der Waals surface area contributed by atoms with Crippen LogP contribution in [0.3, 0.4) is 0 Å². The van der Waals surface area contributed by atoms with Gasteiger partial charge in [0, 0.05) is 50.6 Å². The summed E-state index contributed by atoms with van der Waals surface area (Å²) >= 11 is 0. The molecular formula is C21H31N3O4. The number of hydrogen-bond donors (Lipinski definition) is 1. The summed E-state index contributed by atoms with van der Waals surface area (Å²) in [4.78, 5) is 17.1. The Labute approximate surface area is 166 Å². The summed E-state index contributed by atoms with van der Waals surface area (Å²) < 4.78 is 16.8. The summed E-state index contributed by atoms with van der Waals surface area (Å²) in [6.07, 6.45) is 2.36. The van der Waals surface area contributed by atoms with Gasteiger partial charge in [-0.2, -0.15) is 0 Å². The fraction of sp³-hybridized carbons (Fsp3) is 0.667. The number of likely N-dealkylation sites (tertiary alicyclic amines) is 2. The lowest BCUT2D eigenvalue weighted by molar-refractivity contribution is -0.127. The van der Waals surface area contributed by atoms with E-state index in [9.17, 15) is 4.79 Å². The number of rotatable bonds is 4. The van der Waals surface area contributed by atoms with Crippen molar-refractivity contribution in [2.75, 3.05) is 45.3 Å². The fourth-order valence-corrected chi connectivity index (χ4v) is 4.62. The predicted molar refractivity (Wildman–Crippen MR) is 107 cm³/mol. The van der Waals surface area contributed by atoms with Crippen molar-refractivity contribution in [1.29, 1.82) is 0 Å². The van der Waals surface area contributed by atoms with Gasteiger partial charge in [-0.15, -0.1) is 0 Å². The number of carbonyl (C=O) groups excluding carboxylic acids is 1. The van der Waals surface area contributed by atoms with Crippen LogP contribution in [0.1, 0.15) is 26.7 Å². The Morgan fingerprint density at radius 3 is 2.57 bits per heavy atom. The maximum absolute atomic E-state index is 12.7. The van der Waals surface area contributed by atoms with Gasteiger partial charge in [-0.05, 0) is 44.7 Å². The molecule has 1 N–H and O–H groups in total. The SMILES string of the molecule is CO[C@H]1CN(C(C)C)[C@H]1C1CCN(C(=O)Nc2ccc3c(c2)OCCO3)CC1. The molecule has 0 saturated carbocycles. The molecule has 3 heterocycles. The van der Waals surface area contributed by atoms with E-state index >= 15 is 0 Å². The molecule has 3 aliphatic rings. The Morgan fingerprint density at radius 1 is 1.18 bits per heavy atom. The molecule has 1 aromatic rings. The van der Waals surface area contributed by atoms with E-state index in [1.54, 1.807) is 0 Å². The number of methoxy groups -OCH3 is 1. The molecule has 0 spiro atoms. The number of piperidine rings is 1. The minimum absolute atomic E-state index is 0.0484. The Balaban J connectivity index is 1.32. The van der Waals surface area contributed by atoms with Crippen LogP contribution in [-0.4, -0.2) is 74.0 Å². The maximum Gasteiger partial charge on any atom is 0.321 e. The molecule has 0 radical (unpaired) electrons. The normalized spacial score (nSPS) is 25.5. The quantitative estimate of drug-likeness (QED) is 0.858. The van der Waals surface area contributed by atoms with Crippen LogP contribution in [-0.2, 0) is 4.74 Å². The van der Waals surface area contributed by atoms with Gasteiger partial charge in [-0.1, -0.05) is 0 Å². The lowest BCUT2D eigenvalue weighted by Gasteiger charge is -2.54. The van der Waals surface area contributed by atoms with Crippen molar-refractivity contribution in [2.45, 2.75) is 44.9 Å². The van der Waals surface area contributed by atoms with Gasteiger partial charge in [0.05, 0.1) is 6.10 Å². The van der Waals surface area contributed by atoms with Gasteiger partial charge in [-0.25, -0.2) is 4.79 Å². The number of anilines is 1. The molecule has 2 amide bonds. The first kappa shape index (κ1) is 19.3. The van der Waals surface area contributed by atoms with Crippen molar-refractivity contribution in [1.82, 2.24) is 9.80 Å². The Bertz CT molecular complexity index is 703. The highest BCUT2D eigenvalue weighted by Gasteiger charge is 2.45. The number of benzene rings is 1. The van der Waals surface area contributed by atoms with Crippen LogP contribution in [0.15, 0.2) is 18.2 Å². The molecule has 7 nitrogen and oxygen atoms in total. The molecule has 0 aromatic heterocycles. The van der Waals surface area contributed by atoms with E-state index < -0.39 is 0 Å². The van der Waals surface area contributed by atoms with Crippen LogP contribution in [0, 0.1) is 5.92 Å². The molecule has 154 valence electrons. The molecule has 2 saturated heterocycles. The summed E-state index contributed by atoms with van der Waals surface area (Å²) in [5.74, 6) is 2.00. The van der Waals surface area contributed by atoms with E-state index in [4.69, 9.17) is 14.2 Å². The van der Waals surface area contributed by atoms with E-state index in [2.05, 4.69) is 24.1 Å². The van der Waals surface area contributed by atoms with Crippen LogP contribution in [0.5, 0.6) is 11.5 Å². The number of carbonyl (C=O) groups is 1. The number of hydrogen-bond acceptors (Lipinski definition) is 5. The van der Waals surface area contributed by atoms with E-state index in [0.29, 0.717) is 43.1 Å². The van der Waals surface area contributed by atoms with Crippen LogP contribution >= 0.6 is 0 Å². The molecule has 0 aliphatic carbocycles. The van der Waals surface area contributed by atoms with E-state index in [-0.39, 0.29) is 6.03 Å². The zero-order chi connectivity index (χ0) is 19.7. The number of amides is 2. The van der Waals surface area contributed by atoms with Crippen molar-refractivity contribution in [3.8, 4) is 11.5 Å². The van der Waals surface area contributed by atoms with Gasteiger partial charge in [0.1, 0.15) is 13.2 Å². The molecule has 7 heteroatoms. The highest BCUT2D eigenvalue weighted by atomic mass is 16.6. The molecule has 4 rings (SSSR count). The van der Waals surface area contributed by atoms with Gasteiger partial charge in [0.25, 0.3) is 0 Å². The van der Waals surface area contributed by atoms with Gasteiger partial charge in [0.15, 0.2) is 11.5 Å². The van der Waals surface area contributed by atoms with E-state index in [1.165, 1.54) is 0 Å². The minimum atomic E-state index is -0.0484. The lowest BCUT2D eigenvalue weighted by atomic mass is 9.79. The lowest BCUT2D eigenvalue weighted by Crippen LogP contribution is -2.66. The predicted octanol–water partition coefficient (Wildman–Crippen LogP) is 2.81. The van der Waals surface area contributed by atoms with E-state index in [0.717, 1.165) is 43.9 Å². The first-order valence-electron chi connectivity index (χ1n) is 10.3. The molecular weight excluding hydrogens is 358 g/mol. The van der Waals surface area contributed by atoms with Crippen LogP contribution < -0.4 is 14.8 Å². The largest absolute Gasteiger partial charge is 0.486 e. The number of ether oxygens (including phenoxy) is 3. The highest BCUT2D eigenvalue weighted by Crippen LogP contribution is 2.36. The van der Waals surface area contributed by atoms with Gasteiger partial charge in [0.2, 0.25) is 0 Å². The topological polar surface area (TPSA) is 63.3 Å². The van der Waals surface area contributed by atoms with Crippen LogP contribution in [0.25, 0.3) is 0 Å². The Morgan fingerprint density at radius 2 is 1.89 bits per heavy atom. The monoisotopic (exact) mass is 389 g/mol. The van der Waals surface area contributed by atoms with Crippen molar-refractivity contribution in [3.05, 3.63) is 18.2 Å². The van der Waals surface area contributed by atoms with E-state index in [1.807, 2.05) is 30.2 Å². The zero-order valence-electron chi connectivity index (χ0n) is 17.0. The smallest absolute Gasteiger partial charge is 0.321 e. The van der Waals surface area contributed by atoms with Gasteiger partial charge >= 0.3 is 6.03 Å². The molecule has 0 bridgehead atoms. The second-order valence-electron chi connectivity index (χ2n) is 8.17. The van der Waals surface area contributed by atoms with Crippen molar-refractivity contribution in [3.63, 3.8) is 0 Å². The second kappa shape index (κ2) is 8.17. The zero-order valence-corrected chi connectivity index (χ0v) is 17.0. The third-order valence-electron chi connectivity index (χ3n) is 6.22. The third-order valence-corrected chi connectivity index (χ3v) is 6.22. The van der Waals surface area contributed by atoms with Crippen LogP contribution in [0.4, 0.5) is 10.5 Å². The average molecular weight is 389 g/mol. The number of nitrogens with one attached hydrogen (secondary N) is 1. The van der Waals surface area contributed by atoms with Gasteiger partial charge in [-0.3, -0.25) is 4.90 Å². The average Bonchev–Trinajstić information content (AvgIpc) is 2.68. The number of urea groups is 1. The molecule has 0 unspecified atom stereocenters. The summed E-state index contributed by atoms with van der Waals surface area (Å²) in [5, 5.41) is 3.00. The summed E-state index contributed by atoms with van der Waals surface area (Å²) in [5.41, 5.74) is 0.737. The third kappa shape index (κ3) is 3.78. The molecule has 2 fully saturated rings. The second-order valence-corrected chi connectivity index (χ2v) is 8.17. The molecule has 3 aliphatic heterocycles. The standard InChI is InChI=1S/C21H31N3O4/c1-14(2)24-13-19(26-3)20(24)15-6-8-23(9-7-15)21(25)22-16-4-5-17-18(12-16)28-11-10-27-17/h4-5,12,14-15,19-20H,6-11,13H2,1-3H3,(H,22,25)/t19-,20-/m0/s1. The number of nitrogens with zero attached hydrogens (tertiary/aromatic N) is 2. The maximum atomic E-state index is 12.7. The molecule has 2 atom stereocenters. The Kier molecular flexibility index (Phi) is 5.64. The Hall–Kier alpha value is -1.99.